The molecule has 158 valence electrons. The summed E-state index contributed by atoms with van der Waals surface area (Å²) in [4.78, 5) is 14.2. The Balaban J connectivity index is 1.63. The summed E-state index contributed by atoms with van der Waals surface area (Å²) in [7, 11) is 1.46. The van der Waals surface area contributed by atoms with Crippen LogP contribution in [0.15, 0.2) is 48.5 Å². The first-order valence-electron chi connectivity index (χ1n) is 10.4. The third-order valence-corrected chi connectivity index (χ3v) is 6.11. The Hall–Kier alpha value is -2.64. The Kier molecular flexibility index (Phi) is 6.20. The lowest BCUT2D eigenvalue weighted by molar-refractivity contribution is -0.147. The topological polar surface area (TPSA) is 48.6 Å². The molecule has 6 nitrogen and oxygen atoms in total. The molecule has 0 atom stereocenters. The third-order valence-electron chi connectivity index (χ3n) is 5.71. The van der Waals surface area contributed by atoms with Crippen LogP contribution in [0, 0.1) is 10.7 Å². The molecule has 1 saturated heterocycles. The monoisotopic (exact) mass is 425 g/mol. The van der Waals surface area contributed by atoms with Crippen molar-refractivity contribution in [1.29, 1.82) is 0 Å². The first-order chi connectivity index (χ1) is 14.6. The second-order valence-electron chi connectivity index (χ2n) is 7.52. The number of rotatable bonds is 6. The molecule has 4 rings (SSSR count). The van der Waals surface area contributed by atoms with Crippen LogP contribution in [0.5, 0.6) is 5.75 Å². The van der Waals surface area contributed by atoms with E-state index in [-0.39, 0.29) is 11.9 Å². The molecule has 2 heterocycles. The van der Waals surface area contributed by atoms with E-state index >= 15 is 0 Å². The molecule has 0 N–H and O–H groups in total. The fourth-order valence-corrected chi connectivity index (χ4v) is 4.49. The standard InChI is InChI=1S/C23H27N3O3S/c1-3-29-19-10-8-18(9-11-19)26-21-7-5-4-6-20(21)25(23(26)30)16-24-14-12-17(13-15-24)22(27)28-2/h4-11,17H,3,12-16H2,1-2H3. The van der Waals surface area contributed by atoms with Crippen LogP contribution in [0.25, 0.3) is 16.7 Å². The summed E-state index contributed by atoms with van der Waals surface area (Å²) in [6.45, 7) is 5.03. The van der Waals surface area contributed by atoms with E-state index in [1.807, 2.05) is 43.3 Å². The molecule has 1 fully saturated rings. The largest absolute Gasteiger partial charge is 0.494 e. The van der Waals surface area contributed by atoms with E-state index in [1.54, 1.807) is 0 Å². The maximum Gasteiger partial charge on any atom is 0.308 e. The number of imidazole rings is 1. The van der Waals surface area contributed by atoms with E-state index in [1.165, 1.54) is 7.11 Å². The number of likely N-dealkylation sites (tertiary alicyclic amines) is 1. The number of nitrogens with zero attached hydrogens (tertiary/aromatic N) is 3. The van der Waals surface area contributed by atoms with Crippen LogP contribution in [0.2, 0.25) is 0 Å². The Labute approximate surface area is 181 Å². The van der Waals surface area contributed by atoms with Gasteiger partial charge in [0.05, 0.1) is 37.3 Å². The highest BCUT2D eigenvalue weighted by atomic mass is 32.1. The molecule has 0 bridgehead atoms. The van der Waals surface area contributed by atoms with Gasteiger partial charge in [-0.05, 0) is 68.4 Å². The lowest BCUT2D eigenvalue weighted by Crippen LogP contribution is -2.37. The fourth-order valence-electron chi connectivity index (χ4n) is 4.13. The average molecular weight is 426 g/mol. The summed E-state index contributed by atoms with van der Waals surface area (Å²) in [5, 5.41) is 0. The summed E-state index contributed by atoms with van der Waals surface area (Å²) in [6, 6.07) is 16.3. The van der Waals surface area contributed by atoms with E-state index in [0.717, 1.165) is 53.2 Å². The van der Waals surface area contributed by atoms with Gasteiger partial charge in [0, 0.05) is 18.8 Å². The number of ether oxygens (including phenoxy) is 2. The lowest BCUT2D eigenvalue weighted by Gasteiger charge is -2.30. The molecule has 7 heteroatoms. The van der Waals surface area contributed by atoms with Crippen molar-refractivity contribution in [3.63, 3.8) is 0 Å². The molecule has 0 spiro atoms. The number of fused-ring (bicyclic) bond motifs is 1. The minimum Gasteiger partial charge on any atom is -0.494 e. The zero-order valence-electron chi connectivity index (χ0n) is 17.4. The van der Waals surface area contributed by atoms with E-state index in [9.17, 15) is 4.79 Å². The summed E-state index contributed by atoms with van der Waals surface area (Å²) in [6.07, 6.45) is 1.63. The number of benzene rings is 2. The van der Waals surface area contributed by atoms with Crippen molar-refractivity contribution in [2.45, 2.75) is 26.4 Å². The van der Waals surface area contributed by atoms with Crippen molar-refractivity contribution in [3.05, 3.63) is 53.3 Å². The molecule has 0 aliphatic carbocycles. The first-order valence-corrected chi connectivity index (χ1v) is 10.8. The van der Waals surface area contributed by atoms with Gasteiger partial charge in [-0.15, -0.1) is 0 Å². The lowest BCUT2D eigenvalue weighted by atomic mass is 9.97. The van der Waals surface area contributed by atoms with E-state index in [4.69, 9.17) is 21.7 Å². The van der Waals surface area contributed by atoms with Crippen LogP contribution in [0.3, 0.4) is 0 Å². The van der Waals surface area contributed by atoms with Crippen molar-refractivity contribution in [1.82, 2.24) is 14.0 Å². The number of hydrogen-bond donors (Lipinski definition) is 0. The number of aromatic nitrogens is 2. The Morgan fingerprint density at radius 1 is 1.07 bits per heavy atom. The molecule has 3 aromatic rings. The van der Waals surface area contributed by atoms with Crippen molar-refractivity contribution in [2.24, 2.45) is 5.92 Å². The van der Waals surface area contributed by atoms with Crippen LogP contribution < -0.4 is 4.74 Å². The molecule has 0 amide bonds. The average Bonchev–Trinajstić information content (AvgIpc) is 3.06. The predicted molar refractivity (Wildman–Crippen MR) is 120 cm³/mol. The normalized spacial score (nSPS) is 15.4. The van der Waals surface area contributed by atoms with Gasteiger partial charge in [-0.25, -0.2) is 0 Å². The molecular formula is C23H27N3O3S. The molecule has 1 aliphatic rings. The highest BCUT2D eigenvalue weighted by molar-refractivity contribution is 7.71. The molecule has 2 aromatic carbocycles. The Bertz CT molecular complexity index is 1080. The van der Waals surface area contributed by atoms with Gasteiger partial charge in [0.25, 0.3) is 0 Å². The summed E-state index contributed by atoms with van der Waals surface area (Å²) in [5.74, 6) is 0.757. The second kappa shape index (κ2) is 9.02. The minimum atomic E-state index is -0.0987. The molecular weight excluding hydrogens is 398 g/mol. The van der Waals surface area contributed by atoms with Gasteiger partial charge in [-0.1, -0.05) is 12.1 Å². The van der Waals surface area contributed by atoms with Gasteiger partial charge in [0.2, 0.25) is 0 Å². The van der Waals surface area contributed by atoms with Crippen molar-refractivity contribution >= 4 is 29.2 Å². The Morgan fingerprint density at radius 3 is 2.37 bits per heavy atom. The Morgan fingerprint density at radius 2 is 1.73 bits per heavy atom. The number of piperidine rings is 1. The van der Waals surface area contributed by atoms with Crippen molar-refractivity contribution < 1.29 is 14.3 Å². The van der Waals surface area contributed by atoms with Gasteiger partial charge in [-0.3, -0.25) is 14.3 Å². The molecule has 0 unspecified atom stereocenters. The molecule has 0 radical (unpaired) electrons. The van der Waals surface area contributed by atoms with Gasteiger partial charge in [-0.2, -0.15) is 0 Å². The van der Waals surface area contributed by atoms with Gasteiger partial charge < -0.3 is 14.0 Å². The second-order valence-corrected chi connectivity index (χ2v) is 7.88. The number of carbonyl (C=O) groups is 1. The molecule has 0 saturated carbocycles. The van der Waals surface area contributed by atoms with Crippen LogP contribution in [0.4, 0.5) is 0 Å². The van der Waals surface area contributed by atoms with Gasteiger partial charge >= 0.3 is 5.97 Å². The number of esters is 1. The molecule has 1 aromatic heterocycles. The highest BCUT2D eigenvalue weighted by Gasteiger charge is 2.26. The number of carbonyl (C=O) groups excluding carboxylic acids is 1. The zero-order valence-corrected chi connectivity index (χ0v) is 18.2. The number of para-hydroxylation sites is 2. The van der Waals surface area contributed by atoms with Crippen molar-refractivity contribution in [3.8, 4) is 11.4 Å². The highest BCUT2D eigenvalue weighted by Crippen LogP contribution is 2.26. The SMILES string of the molecule is CCOc1ccc(-n2c(=S)n(CN3CCC(C(=O)OC)CC3)c3ccccc32)cc1. The fraction of sp³-hybridized carbons (Fsp3) is 0.391. The summed E-state index contributed by atoms with van der Waals surface area (Å²) in [5.41, 5.74) is 3.20. The molecule has 1 aliphatic heterocycles. The van der Waals surface area contributed by atoms with Crippen LogP contribution in [-0.2, 0) is 16.2 Å². The van der Waals surface area contributed by atoms with Crippen LogP contribution >= 0.6 is 12.2 Å². The smallest absolute Gasteiger partial charge is 0.308 e. The number of hydrogen-bond acceptors (Lipinski definition) is 5. The quantitative estimate of drug-likeness (QED) is 0.433. The van der Waals surface area contributed by atoms with Gasteiger partial charge in [0.15, 0.2) is 4.77 Å². The van der Waals surface area contributed by atoms with Crippen molar-refractivity contribution in [2.75, 3.05) is 26.8 Å². The summed E-state index contributed by atoms with van der Waals surface area (Å²) < 4.78 is 15.5. The van der Waals surface area contributed by atoms with Crippen LogP contribution in [0.1, 0.15) is 19.8 Å². The first kappa shape index (κ1) is 20.6. The third kappa shape index (κ3) is 4.00. The van der Waals surface area contributed by atoms with Crippen LogP contribution in [-0.4, -0.2) is 46.8 Å². The van der Waals surface area contributed by atoms with E-state index in [0.29, 0.717) is 13.3 Å². The van der Waals surface area contributed by atoms with Gasteiger partial charge in [0.1, 0.15) is 5.75 Å². The zero-order chi connectivity index (χ0) is 21.1. The molecule has 30 heavy (non-hydrogen) atoms. The minimum absolute atomic E-state index is 0.00409. The number of methoxy groups -OCH3 is 1. The predicted octanol–water partition coefficient (Wildman–Crippen LogP) is 4.40. The van der Waals surface area contributed by atoms with E-state index < -0.39 is 0 Å². The summed E-state index contributed by atoms with van der Waals surface area (Å²) >= 11 is 5.90. The maximum atomic E-state index is 11.8. The van der Waals surface area contributed by atoms with E-state index in [2.05, 4.69) is 26.2 Å². The maximum absolute atomic E-state index is 11.8.